The second-order valence-electron chi connectivity index (χ2n) is 24.6. The molecule has 2 heterocycles. The molecule has 5 N–H and O–H groups in total. The van der Waals surface area contributed by atoms with Crippen molar-refractivity contribution in [3.05, 3.63) is 42.1 Å². The lowest BCUT2D eigenvalue weighted by Gasteiger charge is -2.41. The van der Waals surface area contributed by atoms with Crippen molar-refractivity contribution in [2.24, 2.45) is 53.1 Å². The summed E-state index contributed by atoms with van der Waals surface area (Å²) < 4.78 is 47.3. The molecule has 0 radical (unpaired) electrons. The van der Waals surface area contributed by atoms with Crippen LogP contribution in [-0.2, 0) is 69.0 Å². The van der Waals surface area contributed by atoms with E-state index in [1.807, 2.05) is 67.5 Å². The van der Waals surface area contributed by atoms with Gasteiger partial charge in [-0.3, -0.25) is 43.3 Å². The monoisotopic (exact) mass is 1210 g/mol. The largest absolute Gasteiger partial charge is 0.379 e. The van der Waals surface area contributed by atoms with Crippen LogP contribution in [0.3, 0.4) is 0 Å². The van der Waals surface area contributed by atoms with Gasteiger partial charge in [-0.2, -0.15) is 0 Å². The van der Waals surface area contributed by atoms with Crippen LogP contribution in [0.2, 0.25) is 0 Å². The van der Waals surface area contributed by atoms with Crippen molar-refractivity contribution in [2.75, 3.05) is 68.2 Å². The molecule has 22 nitrogen and oxygen atoms in total. The maximum atomic E-state index is 14.5. The molecule has 1 unspecified atom stereocenters. The van der Waals surface area contributed by atoms with Gasteiger partial charge in [0, 0.05) is 96.5 Å². The fraction of sp³-hybridized carbons (Fsp3) is 0.726. The minimum atomic E-state index is -4.48. The molecule has 2 fully saturated rings. The van der Waals surface area contributed by atoms with Gasteiger partial charge in [0.2, 0.25) is 29.5 Å². The van der Waals surface area contributed by atoms with Gasteiger partial charge in [-0.05, 0) is 81.1 Å². The van der Waals surface area contributed by atoms with Crippen molar-refractivity contribution in [2.45, 2.75) is 181 Å². The van der Waals surface area contributed by atoms with Gasteiger partial charge in [-0.15, -0.1) is 0 Å². The lowest BCUT2D eigenvalue weighted by Crippen LogP contribution is -2.54. The van der Waals surface area contributed by atoms with Crippen LogP contribution in [0.1, 0.15) is 139 Å². The third-order valence-electron chi connectivity index (χ3n) is 17.1. The number of urea groups is 1. The number of primary amides is 1. The predicted molar refractivity (Wildman–Crippen MR) is 324 cm³/mol. The molecule has 0 aromatic heterocycles. The number of nitrogens with zero attached hydrogens (tertiary/aromatic N) is 4. The van der Waals surface area contributed by atoms with Crippen LogP contribution in [-0.4, -0.2) is 186 Å². The SMILES string of the molecule is C=C1C(C)CC(=O)N1CCOCCC(=O)C[C@H](C(=O)N[C@@H](CCCNC(N)=O)C(=O)Cc1ccc(S(=O)(=O)NC(=O)[C@H](C)[C@@H](OC)[C@@H]2CCCN2C(=O)C[C@@H](OC)[C@H]([C@@H](C)CC)N(C)C(=O)[C@@H](CC(=O)[C@H](C(C)C)N(C)C)C(C)C)cc1)C(C)C. The van der Waals surface area contributed by atoms with Crippen LogP contribution in [0.5, 0.6) is 0 Å². The van der Waals surface area contributed by atoms with E-state index >= 15 is 0 Å². The van der Waals surface area contributed by atoms with Gasteiger partial charge in [-0.25, -0.2) is 17.9 Å². The van der Waals surface area contributed by atoms with Crippen LogP contribution in [0.4, 0.5) is 4.79 Å². The van der Waals surface area contributed by atoms with E-state index in [2.05, 4.69) is 21.9 Å². The molecule has 3 rings (SSSR count). The van der Waals surface area contributed by atoms with E-state index in [9.17, 15) is 51.6 Å². The van der Waals surface area contributed by atoms with E-state index in [0.717, 1.165) is 5.70 Å². The number of carbonyl (C=O) groups is 9. The molecule has 7 amide bonds. The van der Waals surface area contributed by atoms with Crippen LogP contribution in [0.25, 0.3) is 0 Å². The Kier molecular flexibility index (Phi) is 30.0. The minimum Gasteiger partial charge on any atom is -0.379 e. The number of amides is 7. The molecule has 1 aromatic carbocycles. The number of methoxy groups -OCH3 is 2. The zero-order chi connectivity index (χ0) is 64.2. The topological polar surface area (TPSA) is 291 Å². The third kappa shape index (κ3) is 21.3. The Hall–Kier alpha value is -5.62. The Bertz CT molecular complexity index is 2550. The summed E-state index contributed by atoms with van der Waals surface area (Å²) in [5, 5.41) is 5.29. The quantitative estimate of drug-likeness (QED) is 0.0612. The van der Waals surface area contributed by atoms with E-state index in [0.29, 0.717) is 44.3 Å². The van der Waals surface area contributed by atoms with Gasteiger partial charge in [0.1, 0.15) is 5.78 Å². The average Bonchev–Trinajstić information content (AvgIpc) is 3.78. The molecular formula is C62H102N8O14S. The summed E-state index contributed by atoms with van der Waals surface area (Å²) >= 11 is 0. The summed E-state index contributed by atoms with van der Waals surface area (Å²) in [6, 6.07) is 2.07. The first-order chi connectivity index (χ1) is 39.8. The zero-order valence-corrected chi connectivity index (χ0v) is 54.2. The van der Waals surface area contributed by atoms with Crippen molar-refractivity contribution in [3.8, 4) is 0 Å². The van der Waals surface area contributed by atoms with Gasteiger partial charge >= 0.3 is 6.03 Å². The Labute approximate surface area is 506 Å². The lowest BCUT2D eigenvalue weighted by atomic mass is 9.83. The summed E-state index contributed by atoms with van der Waals surface area (Å²) in [5.41, 5.74) is 6.39. The Morgan fingerprint density at radius 3 is 2.00 bits per heavy atom. The Balaban J connectivity index is 1.71. The number of hydrogen-bond donors (Lipinski definition) is 4. The van der Waals surface area contributed by atoms with Crippen LogP contribution >= 0.6 is 0 Å². The molecule has 1 aromatic rings. The first kappa shape index (κ1) is 73.6. The summed E-state index contributed by atoms with van der Waals surface area (Å²) in [6.07, 6.45) is 0.544. The highest BCUT2D eigenvalue weighted by Crippen LogP contribution is 2.32. The van der Waals surface area contributed by atoms with Crippen LogP contribution in [0.15, 0.2) is 41.4 Å². The molecule has 11 atom stereocenters. The number of allylic oxidation sites excluding steroid dienone is 1. The molecule has 85 heavy (non-hydrogen) atoms. The number of nitrogens with one attached hydrogen (secondary N) is 3. The van der Waals surface area contributed by atoms with E-state index in [4.69, 9.17) is 19.9 Å². The summed E-state index contributed by atoms with van der Waals surface area (Å²) in [4.78, 5) is 127. The molecule has 2 saturated heterocycles. The molecule has 0 bridgehead atoms. The van der Waals surface area contributed by atoms with E-state index in [-0.39, 0.29) is 135 Å². The maximum Gasteiger partial charge on any atom is 0.312 e. The summed E-state index contributed by atoms with van der Waals surface area (Å²) in [5.74, 6) is -5.38. The van der Waals surface area contributed by atoms with Crippen LogP contribution < -0.4 is 21.1 Å². The number of ketones is 3. The van der Waals surface area contributed by atoms with Crippen molar-refractivity contribution in [3.63, 3.8) is 0 Å². The first-order valence-corrected chi connectivity index (χ1v) is 31.7. The van der Waals surface area contributed by atoms with Crippen LogP contribution in [0, 0.1) is 47.3 Å². The smallest absolute Gasteiger partial charge is 0.312 e. The second kappa shape index (κ2) is 34.7. The van der Waals surface area contributed by atoms with Crippen molar-refractivity contribution < 1.29 is 65.8 Å². The molecule has 0 aliphatic carbocycles. The summed E-state index contributed by atoms with van der Waals surface area (Å²) in [7, 11) is 3.86. The predicted octanol–water partition coefficient (Wildman–Crippen LogP) is 5.29. The number of Topliss-reactive ketones (excluding diaryl/α,β-unsaturated/α-hetero) is 3. The highest BCUT2D eigenvalue weighted by Gasteiger charge is 2.44. The number of likely N-dealkylation sites (N-methyl/N-ethyl adjacent to an activating group) is 2. The zero-order valence-electron chi connectivity index (χ0n) is 53.4. The summed E-state index contributed by atoms with van der Waals surface area (Å²) in [6.45, 7) is 24.0. The number of sulfonamides is 1. The average molecular weight is 1220 g/mol. The van der Waals surface area contributed by atoms with Gasteiger partial charge in [0.05, 0.1) is 66.8 Å². The van der Waals surface area contributed by atoms with Crippen molar-refractivity contribution in [1.29, 1.82) is 0 Å². The normalized spacial score (nSPS) is 18.9. The van der Waals surface area contributed by atoms with E-state index in [1.54, 1.807) is 35.6 Å². The maximum absolute atomic E-state index is 14.5. The molecule has 0 spiro atoms. The Morgan fingerprint density at radius 1 is 0.835 bits per heavy atom. The van der Waals surface area contributed by atoms with Gasteiger partial charge in [-0.1, -0.05) is 94.4 Å². The molecule has 2 aliphatic heterocycles. The number of nitrogens with two attached hydrogens (primary N) is 1. The van der Waals surface area contributed by atoms with Gasteiger partial charge < -0.3 is 45.3 Å². The molecule has 0 saturated carbocycles. The molecule has 2 aliphatic rings. The third-order valence-corrected chi connectivity index (χ3v) is 18.5. The Morgan fingerprint density at radius 2 is 1.47 bits per heavy atom. The fourth-order valence-electron chi connectivity index (χ4n) is 11.9. The lowest BCUT2D eigenvalue weighted by molar-refractivity contribution is -0.149. The first-order valence-electron chi connectivity index (χ1n) is 30.2. The van der Waals surface area contributed by atoms with E-state index < -0.39 is 81.7 Å². The molecule has 480 valence electrons. The minimum absolute atomic E-state index is 0.00959. The number of likely N-dealkylation sites (tertiary alicyclic amines) is 2. The van der Waals surface area contributed by atoms with Gasteiger partial charge in [0.15, 0.2) is 11.6 Å². The highest BCUT2D eigenvalue weighted by molar-refractivity contribution is 7.90. The molecular weight excluding hydrogens is 1110 g/mol. The van der Waals surface area contributed by atoms with Crippen molar-refractivity contribution in [1.82, 2.24) is 35.0 Å². The number of hydrogen-bond acceptors (Lipinski definition) is 15. The second-order valence-corrected chi connectivity index (χ2v) is 26.3. The standard InChI is InChI=1S/C62H102N8O14S/c1-17-40(8)57(68(14)61(78)48(38(4)5)35-52(73)56(39(6)7)67(12)13)53(82-15)36-55(75)70-28-19-21-50(70)58(83-16)42(10)59(76)66-85(80,81)46-24-22-44(23-25-46)33-51(72)49(20-18-27-64-62(63)79)65-60(77)47(37(2)3)34-45(71)26-30-84-31-29-69-43(11)41(9)32-54(69)74/h22-25,37-42,47-50,53,56-58H,11,17-21,26-36H2,1-10,12-16H3,(H,65,77)(H,66,76)(H3,63,64,79)/t40-,41?,42+,47-,48-,49-,50-,53+,56-,57-,58+/m0/s1. The molecule has 23 heteroatoms. The highest BCUT2D eigenvalue weighted by atomic mass is 32.2. The fourth-order valence-corrected chi connectivity index (χ4v) is 12.9. The number of rotatable bonds is 38. The number of benzene rings is 1. The van der Waals surface area contributed by atoms with Crippen molar-refractivity contribution >= 4 is 62.9 Å². The number of carbonyl (C=O) groups excluding carboxylic acids is 9. The van der Waals surface area contributed by atoms with E-state index in [1.165, 1.54) is 45.4 Å². The van der Waals surface area contributed by atoms with Gasteiger partial charge in [0.25, 0.3) is 10.0 Å². The number of ether oxygens (including phenoxy) is 3.